The van der Waals surface area contributed by atoms with Crippen molar-refractivity contribution < 1.29 is 19.4 Å². The second kappa shape index (κ2) is 10.3. The Bertz CT molecular complexity index is 1510. The molecule has 3 aromatic rings. The summed E-state index contributed by atoms with van der Waals surface area (Å²) >= 11 is 13.3. The summed E-state index contributed by atoms with van der Waals surface area (Å²) in [5.41, 5.74) is 1.36. The van der Waals surface area contributed by atoms with Gasteiger partial charge in [0, 0.05) is 10.6 Å². The van der Waals surface area contributed by atoms with Gasteiger partial charge in [-0.2, -0.15) is 0 Å². The Balaban J connectivity index is 1.94. The predicted octanol–water partition coefficient (Wildman–Crippen LogP) is 4.21. The van der Waals surface area contributed by atoms with E-state index in [1.807, 2.05) is 19.1 Å². The topological polar surface area (TPSA) is 90.1 Å². The van der Waals surface area contributed by atoms with Gasteiger partial charge in [-0.05, 0) is 56.7 Å². The van der Waals surface area contributed by atoms with Gasteiger partial charge < -0.3 is 14.6 Å². The number of phenolic OH excluding ortho intramolecular Hbond substituents is 1. The zero-order valence-corrected chi connectivity index (χ0v) is 21.5. The minimum Gasteiger partial charge on any atom is -0.506 e. The fourth-order valence-corrected chi connectivity index (χ4v) is 5.40. The van der Waals surface area contributed by atoms with Crippen molar-refractivity contribution >= 4 is 46.6 Å². The van der Waals surface area contributed by atoms with Gasteiger partial charge in [-0.3, -0.25) is 9.36 Å². The van der Waals surface area contributed by atoms with E-state index in [4.69, 9.17) is 32.7 Å². The summed E-state index contributed by atoms with van der Waals surface area (Å²) in [5.74, 6) is -0.0510. The van der Waals surface area contributed by atoms with E-state index >= 15 is 0 Å². The van der Waals surface area contributed by atoms with Crippen LogP contribution in [0.25, 0.3) is 6.08 Å². The number of fused-ring (bicyclic) bond motifs is 1. The Morgan fingerprint density at radius 1 is 1.20 bits per heavy atom. The molecule has 10 heteroatoms. The van der Waals surface area contributed by atoms with E-state index in [1.54, 1.807) is 26.0 Å². The number of nitrogens with zero attached hydrogens (tertiary/aromatic N) is 2. The molecule has 1 aliphatic heterocycles. The lowest BCUT2D eigenvalue weighted by molar-refractivity contribution is -0.139. The van der Waals surface area contributed by atoms with Crippen LogP contribution in [-0.4, -0.2) is 28.9 Å². The van der Waals surface area contributed by atoms with Crippen LogP contribution in [-0.2, 0) is 9.53 Å². The van der Waals surface area contributed by atoms with E-state index in [9.17, 15) is 14.7 Å². The molecule has 0 amide bonds. The third-order valence-electron chi connectivity index (χ3n) is 5.37. The first-order valence-electron chi connectivity index (χ1n) is 10.9. The molecule has 35 heavy (non-hydrogen) atoms. The summed E-state index contributed by atoms with van der Waals surface area (Å²) in [7, 11) is 0. The van der Waals surface area contributed by atoms with Crippen LogP contribution in [0.15, 0.2) is 57.5 Å². The second-order valence-corrected chi connectivity index (χ2v) is 9.48. The van der Waals surface area contributed by atoms with Crippen molar-refractivity contribution in [2.45, 2.75) is 26.8 Å². The third-order valence-corrected chi connectivity index (χ3v) is 6.86. The fourth-order valence-electron chi connectivity index (χ4n) is 3.86. The number of benzene rings is 2. The minimum absolute atomic E-state index is 0.0734. The molecule has 1 atom stereocenters. The number of rotatable bonds is 6. The van der Waals surface area contributed by atoms with E-state index in [0.717, 1.165) is 11.3 Å². The Morgan fingerprint density at radius 2 is 1.91 bits per heavy atom. The number of phenols is 1. The molecule has 0 saturated carbocycles. The molecule has 1 N–H and O–H groups in total. The Kier molecular flexibility index (Phi) is 7.35. The highest BCUT2D eigenvalue weighted by molar-refractivity contribution is 7.07. The van der Waals surface area contributed by atoms with Crippen LogP contribution < -0.4 is 19.6 Å². The van der Waals surface area contributed by atoms with E-state index in [-0.39, 0.29) is 28.5 Å². The number of thiazole rings is 1. The molecule has 1 aromatic heterocycles. The minimum atomic E-state index is -0.750. The van der Waals surface area contributed by atoms with Crippen LogP contribution in [0.2, 0.25) is 10.0 Å². The molecule has 2 heterocycles. The van der Waals surface area contributed by atoms with Crippen molar-refractivity contribution in [2.24, 2.45) is 4.99 Å². The zero-order valence-electron chi connectivity index (χ0n) is 19.2. The van der Waals surface area contributed by atoms with Gasteiger partial charge in [-0.25, -0.2) is 9.79 Å². The molecule has 182 valence electrons. The molecule has 0 aliphatic carbocycles. The maximum atomic E-state index is 13.6. The number of aromatic nitrogens is 1. The van der Waals surface area contributed by atoms with Gasteiger partial charge >= 0.3 is 5.97 Å². The van der Waals surface area contributed by atoms with E-state index in [0.29, 0.717) is 43.5 Å². The molecule has 0 unspecified atom stereocenters. The number of hydrogen-bond acceptors (Lipinski definition) is 7. The molecule has 7 nitrogen and oxygen atoms in total. The highest BCUT2D eigenvalue weighted by Gasteiger charge is 2.33. The highest BCUT2D eigenvalue weighted by Crippen LogP contribution is 2.33. The van der Waals surface area contributed by atoms with Gasteiger partial charge in [0.25, 0.3) is 5.56 Å². The van der Waals surface area contributed by atoms with Crippen molar-refractivity contribution in [2.75, 3.05) is 13.2 Å². The number of aromatic hydroxyl groups is 1. The number of hydrogen-bond donors (Lipinski definition) is 1. The van der Waals surface area contributed by atoms with Crippen LogP contribution in [0, 0.1) is 0 Å². The molecule has 1 aliphatic rings. The summed E-state index contributed by atoms with van der Waals surface area (Å²) in [6, 6.07) is 9.39. The molecule has 0 radical (unpaired) electrons. The average Bonchev–Trinajstić information content (AvgIpc) is 3.11. The van der Waals surface area contributed by atoms with Crippen molar-refractivity contribution in [3.8, 4) is 11.5 Å². The number of halogens is 2. The molecule has 0 saturated heterocycles. The van der Waals surface area contributed by atoms with Crippen LogP contribution in [0.3, 0.4) is 0 Å². The fraction of sp³-hybridized carbons (Fsp3) is 0.240. The summed E-state index contributed by atoms with van der Waals surface area (Å²) in [6.45, 7) is 6.03. The van der Waals surface area contributed by atoms with Crippen molar-refractivity contribution in [3.63, 3.8) is 0 Å². The lowest BCUT2D eigenvalue weighted by Crippen LogP contribution is -2.39. The lowest BCUT2D eigenvalue weighted by Gasteiger charge is -2.24. The van der Waals surface area contributed by atoms with Gasteiger partial charge in [-0.1, -0.05) is 46.7 Å². The van der Waals surface area contributed by atoms with Crippen molar-refractivity contribution in [1.29, 1.82) is 0 Å². The molecule has 2 aromatic carbocycles. The summed E-state index contributed by atoms with van der Waals surface area (Å²) < 4.78 is 12.6. The van der Waals surface area contributed by atoms with Gasteiger partial charge in [-0.15, -0.1) is 0 Å². The number of carbonyl (C=O) groups excluding carboxylic acids is 1. The summed E-state index contributed by atoms with van der Waals surface area (Å²) in [4.78, 5) is 31.5. The molecular formula is C25H22Cl2N2O5S. The van der Waals surface area contributed by atoms with E-state index < -0.39 is 12.0 Å². The van der Waals surface area contributed by atoms with Crippen LogP contribution in [0.5, 0.6) is 11.5 Å². The van der Waals surface area contributed by atoms with Crippen molar-refractivity contribution in [3.05, 3.63) is 88.5 Å². The first kappa shape index (κ1) is 25.0. The normalized spacial score (nSPS) is 15.6. The van der Waals surface area contributed by atoms with Crippen LogP contribution >= 0.6 is 34.5 Å². The lowest BCUT2D eigenvalue weighted by atomic mass is 9.96. The second-order valence-electron chi connectivity index (χ2n) is 7.63. The van der Waals surface area contributed by atoms with E-state index in [2.05, 4.69) is 4.99 Å². The number of allylic oxidation sites excluding steroid dienone is 1. The largest absolute Gasteiger partial charge is 0.506 e. The standard InChI is InChI=1S/C25H22Cl2N2O5S/c1-4-33-17-8-6-14(7-9-17)21-20(24(32)34-5-2)13(3)28-25-29(21)23(31)19(35-25)11-15-10-16(26)12-18(27)22(15)30/h6-12,21,30H,4-5H2,1-3H3/t21-/m1/s1. The zero-order chi connectivity index (χ0) is 25.3. The number of esters is 1. The van der Waals surface area contributed by atoms with Crippen LogP contribution in [0.4, 0.5) is 0 Å². The Labute approximate surface area is 215 Å². The molecule has 0 fully saturated rings. The Hall–Kier alpha value is -3.07. The molecule has 0 bridgehead atoms. The monoisotopic (exact) mass is 532 g/mol. The maximum Gasteiger partial charge on any atom is 0.338 e. The van der Waals surface area contributed by atoms with Gasteiger partial charge in [0.15, 0.2) is 4.80 Å². The van der Waals surface area contributed by atoms with Gasteiger partial charge in [0.05, 0.1) is 40.1 Å². The smallest absolute Gasteiger partial charge is 0.338 e. The van der Waals surface area contributed by atoms with E-state index in [1.165, 1.54) is 22.8 Å². The van der Waals surface area contributed by atoms with Crippen LogP contribution in [0.1, 0.15) is 37.9 Å². The quantitative estimate of drug-likeness (QED) is 0.480. The number of carbonyl (C=O) groups is 1. The summed E-state index contributed by atoms with van der Waals surface area (Å²) in [6.07, 6.45) is 1.51. The Morgan fingerprint density at radius 3 is 2.57 bits per heavy atom. The van der Waals surface area contributed by atoms with Gasteiger partial charge in [0.1, 0.15) is 11.5 Å². The first-order chi connectivity index (χ1) is 16.7. The van der Waals surface area contributed by atoms with Gasteiger partial charge in [0.2, 0.25) is 0 Å². The molecular weight excluding hydrogens is 511 g/mol. The maximum absolute atomic E-state index is 13.6. The number of ether oxygens (including phenoxy) is 2. The predicted molar refractivity (Wildman–Crippen MR) is 136 cm³/mol. The highest BCUT2D eigenvalue weighted by atomic mass is 35.5. The average molecular weight is 533 g/mol. The van der Waals surface area contributed by atoms with Crippen molar-refractivity contribution in [1.82, 2.24) is 4.57 Å². The third kappa shape index (κ3) is 4.87. The molecule has 0 spiro atoms. The first-order valence-corrected chi connectivity index (χ1v) is 12.4. The molecule has 4 rings (SSSR count). The summed E-state index contributed by atoms with van der Waals surface area (Å²) in [5, 5.41) is 10.8. The SMILES string of the molecule is CCOC(=O)C1=C(C)N=c2sc(=Cc3cc(Cl)cc(Cl)c3O)c(=O)n2[C@@H]1c1ccc(OCC)cc1.